The van der Waals surface area contributed by atoms with Gasteiger partial charge in [-0.05, 0) is 55.3 Å². The zero-order chi connectivity index (χ0) is 15.8. The van der Waals surface area contributed by atoms with Gasteiger partial charge in [-0.25, -0.2) is 13.8 Å². The molecule has 2 aromatic heterocycles. The summed E-state index contributed by atoms with van der Waals surface area (Å²) in [6.07, 6.45) is 3.44. The van der Waals surface area contributed by atoms with Crippen LogP contribution in [0.1, 0.15) is 24.4 Å². The van der Waals surface area contributed by atoms with Crippen LogP contribution in [0.3, 0.4) is 0 Å². The van der Waals surface area contributed by atoms with Crippen molar-refractivity contribution in [3.05, 3.63) is 65.9 Å². The SMILES string of the molecule is Fc1ccc(F)c(C2CCCN2c2ccc3ncccc3n2)c1. The molecule has 1 saturated heterocycles. The highest BCUT2D eigenvalue weighted by Crippen LogP contribution is 2.37. The molecule has 1 fully saturated rings. The van der Waals surface area contributed by atoms with Gasteiger partial charge in [0.15, 0.2) is 0 Å². The second kappa shape index (κ2) is 5.57. The normalized spacial score (nSPS) is 17.8. The first kappa shape index (κ1) is 14.1. The fourth-order valence-corrected chi connectivity index (χ4v) is 3.24. The van der Waals surface area contributed by atoms with Crippen LogP contribution in [0, 0.1) is 11.6 Å². The Kier molecular flexibility index (Phi) is 3.41. The van der Waals surface area contributed by atoms with Crippen molar-refractivity contribution in [1.29, 1.82) is 0 Å². The largest absolute Gasteiger partial charge is 0.349 e. The lowest BCUT2D eigenvalue weighted by Crippen LogP contribution is -2.24. The summed E-state index contributed by atoms with van der Waals surface area (Å²) in [5.41, 5.74) is 2.02. The summed E-state index contributed by atoms with van der Waals surface area (Å²) in [6, 6.07) is 11.0. The van der Waals surface area contributed by atoms with Gasteiger partial charge in [-0.3, -0.25) is 4.98 Å². The summed E-state index contributed by atoms with van der Waals surface area (Å²) < 4.78 is 27.7. The Morgan fingerprint density at radius 2 is 1.96 bits per heavy atom. The molecular weight excluding hydrogens is 296 g/mol. The van der Waals surface area contributed by atoms with Gasteiger partial charge >= 0.3 is 0 Å². The molecule has 0 amide bonds. The zero-order valence-electron chi connectivity index (χ0n) is 12.4. The molecule has 23 heavy (non-hydrogen) atoms. The van der Waals surface area contributed by atoms with E-state index in [9.17, 15) is 8.78 Å². The van der Waals surface area contributed by atoms with E-state index in [-0.39, 0.29) is 11.9 Å². The van der Waals surface area contributed by atoms with Crippen molar-refractivity contribution in [1.82, 2.24) is 9.97 Å². The lowest BCUT2D eigenvalue weighted by molar-refractivity contribution is 0.560. The number of rotatable bonds is 2. The van der Waals surface area contributed by atoms with Gasteiger partial charge < -0.3 is 4.90 Å². The van der Waals surface area contributed by atoms with E-state index in [0.29, 0.717) is 5.56 Å². The molecular formula is C18H15F2N3. The maximum Gasteiger partial charge on any atom is 0.129 e. The van der Waals surface area contributed by atoms with E-state index in [2.05, 4.69) is 9.97 Å². The number of hydrogen-bond acceptors (Lipinski definition) is 3. The zero-order valence-corrected chi connectivity index (χ0v) is 12.4. The van der Waals surface area contributed by atoms with Crippen LogP contribution in [-0.2, 0) is 0 Å². The number of anilines is 1. The minimum Gasteiger partial charge on any atom is -0.349 e. The van der Waals surface area contributed by atoms with Gasteiger partial charge in [-0.15, -0.1) is 0 Å². The molecule has 1 unspecified atom stereocenters. The summed E-state index contributed by atoms with van der Waals surface area (Å²) >= 11 is 0. The molecule has 1 aliphatic rings. The van der Waals surface area contributed by atoms with Crippen LogP contribution in [0.4, 0.5) is 14.6 Å². The smallest absolute Gasteiger partial charge is 0.129 e. The molecule has 0 bridgehead atoms. The van der Waals surface area contributed by atoms with Crippen molar-refractivity contribution in [2.75, 3.05) is 11.4 Å². The molecule has 1 aromatic carbocycles. The average Bonchev–Trinajstić information content (AvgIpc) is 3.06. The number of hydrogen-bond donors (Lipinski definition) is 0. The van der Waals surface area contributed by atoms with Crippen molar-refractivity contribution in [2.24, 2.45) is 0 Å². The van der Waals surface area contributed by atoms with Gasteiger partial charge in [-0.2, -0.15) is 0 Å². The molecule has 3 aromatic rings. The molecule has 0 saturated carbocycles. The van der Waals surface area contributed by atoms with Crippen LogP contribution in [0.2, 0.25) is 0 Å². The number of aromatic nitrogens is 2. The van der Waals surface area contributed by atoms with Gasteiger partial charge in [0.1, 0.15) is 17.5 Å². The number of fused-ring (bicyclic) bond motifs is 1. The van der Waals surface area contributed by atoms with Gasteiger partial charge in [-0.1, -0.05) is 0 Å². The Morgan fingerprint density at radius 3 is 2.87 bits per heavy atom. The molecule has 3 heterocycles. The second-order valence-electron chi connectivity index (χ2n) is 5.73. The number of pyridine rings is 2. The predicted molar refractivity (Wildman–Crippen MR) is 85.2 cm³/mol. The first-order chi connectivity index (χ1) is 11.2. The average molecular weight is 311 g/mol. The third-order valence-electron chi connectivity index (χ3n) is 4.31. The number of halogens is 2. The molecule has 1 atom stereocenters. The number of nitrogens with zero attached hydrogens (tertiary/aromatic N) is 3. The second-order valence-corrected chi connectivity index (χ2v) is 5.73. The molecule has 0 spiro atoms. The lowest BCUT2D eigenvalue weighted by atomic mass is 10.0. The summed E-state index contributed by atoms with van der Waals surface area (Å²) in [5, 5.41) is 0. The highest BCUT2D eigenvalue weighted by Gasteiger charge is 2.29. The number of benzene rings is 1. The van der Waals surface area contributed by atoms with Crippen molar-refractivity contribution in [3.63, 3.8) is 0 Å². The van der Waals surface area contributed by atoms with Crippen LogP contribution >= 0.6 is 0 Å². The van der Waals surface area contributed by atoms with Gasteiger partial charge in [0.2, 0.25) is 0 Å². The van der Waals surface area contributed by atoms with Crippen molar-refractivity contribution >= 4 is 16.9 Å². The van der Waals surface area contributed by atoms with E-state index in [1.165, 1.54) is 12.1 Å². The molecule has 0 N–H and O–H groups in total. The van der Waals surface area contributed by atoms with Crippen LogP contribution in [-0.4, -0.2) is 16.5 Å². The summed E-state index contributed by atoms with van der Waals surface area (Å²) in [5.74, 6) is -0.00802. The Bertz CT molecular complexity index is 866. The van der Waals surface area contributed by atoms with E-state index >= 15 is 0 Å². The minimum absolute atomic E-state index is 0.188. The van der Waals surface area contributed by atoms with Gasteiger partial charge in [0.05, 0.1) is 17.1 Å². The highest BCUT2D eigenvalue weighted by atomic mass is 19.1. The molecule has 0 aliphatic carbocycles. The van der Waals surface area contributed by atoms with E-state index in [1.807, 2.05) is 29.2 Å². The van der Waals surface area contributed by atoms with Gasteiger partial charge in [0, 0.05) is 18.3 Å². The Morgan fingerprint density at radius 1 is 1.04 bits per heavy atom. The van der Waals surface area contributed by atoms with E-state index in [0.717, 1.165) is 42.3 Å². The highest BCUT2D eigenvalue weighted by molar-refractivity contribution is 5.76. The summed E-state index contributed by atoms with van der Waals surface area (Å²) in [7, 11) is 0. The first-order valence-corrected chi connectivity index (χ1v) is 7.66. The van der Waals surface area contributed by atoms with E-state index < -0.39 is 5.82 Å². The molecule has 1 aliphatic heterocycles. The first-order valence-electron chi connectivity index (χ1n) is 7.66. The maximum absolute atomic E-state index is 14.1. The standard InChI is InChI=1S/C18H15F2N3/c19-12-5-6-14(20)13(11-12)17-4-2-10-23(17)18-8-7-15-16(22-18)3-1-9-21-15/h1,3,5-9,11,17H,2,4,10H2. The minimum atomic E-state index is -0.413. The molecule has 3 nitrogen and oxygen atoms in total. The lowest BCUT2D eigenvalue weighted by Gasteiger charge is -2.26. The molecule has 0 radical (unpaired) electrons. The molecule has 4 rings (SSSR count). The maximum atomic E-state index is 14.1. The van der Waals surface area contributed by atoms with Crippen molar-refractivity contribution in [2.45, 2.75) is 18.9 Å². The fourth-order valence-electron chi connectivity index (χ4n) is 3.24. The Balaban J connectivity index is 1.75. The van der Waals surface area contributed by atoms with Crippen LogP contribution < -0.4 is 4.90 Å². The quantitative estimate of drug-likeness (QED) is 0.708. The van der Waals surface area contributed by atoms with Gasteiger partial charge in [0.25, 0.3) is 0 Å². The summed E-state index contributed by atoms with van der Waals surface area (Å²) in [6.45, 7) is 0.777. The molecule has 116 valence electrons. The van der Waals surface area contributed by atoms with E-state index in [1.54, 1.807) is 6.20 Å². The summed E-state index contributed by atoms with van der Waals surface area (Å²) in [4.78, 5) is 10.9. The third-order valence-corrected chi connectivity index (χ3v) is 4.31. The van der Waals surface area contributed by atoms with Crippen LogP contribution in [0.25, 0.3) is 11.0 Å². The topological polar surface area (TPSA) is 29.0 Å². The van der Waals surface area contributed by atoms with Crippen LogP contribution in [0.15, 0.2) is 48.7 Å². The monoisotopic (exact) mass is 311 g/mol. The van der Waals surface area contributed by atoms with Crippen molar-refractivity contribution < 1.29 is 8.78 Å². The third kappa shape index (κ3) is 2.52. The fraction of sp³-hybridized carbons (Fsp3) is 0.222. The Labute approximate surface area is 132 Å². The predicted octanol–water partition coefficient (Wildman–Crippen LogP) is 4.25. The Hall–Kier alpha value is -2.56. The molecule has 5 heteroatoms. The van der Waals surface area contributed by atoms with Crippen molar-refractivity contribution in [3.8, 4) is 0 Å². The van der Waals surface area contributed by atoms with E-state index in [4.69, 9.17) is 0 Å². The van der Waals surface area contributed by atoms with Crippen LogP contribution in [0.5, 0.6) is 0 Å².